The molecule has 1 aliphatic heterocycles. The van der Waals surface area contributed by atoms with E-state index in [4.69, 9.17) is 8.92 Å². The van der Waals surface area contributed by atoms with Crippen LogP contribution in [0, 0.1) is 5.92 Å². The van der Waals surface area contributed by atoms with Crippen LogP contribution in [0.1, 0.15) is 47.0 Å². The van der Waals surface area contributed by atoms with Gasteiger partial charge in [-0.05, 0) is 52.9 Å². The van der Waals surface area contributed by atoms with Gasteiger partial charge in [0.2, 0.25) is 0 Å². The van der Waals surface area contributed by atoms with Crippen LogP contribution in [0.4, 0.5) is 4.79 Å². The van der Waals surface area contributed by atoms with E-state index in [1.165, 1.54) is 0 Å². The standard InChI is InChI=1S/C14H27NO5S/c1-11-10-12(7-9-19-21(5,17)18)6-8-15(11)13(16)20-14(2,3)4/h11-12H,6-10H2,1-5H3. The van der Waals surface area contributed by atoms with E-state index in [1.54, 1.807) is 4.90 Å². The van der Waals surface area contributed by atoms with Gasteiger partial charge in [0.1, 0.15) is 5.60 Å². The van der Waals surface area contributed by atoms with E-state index in [1.807, 2.05) is 27.7 Å². The van der Waals surface area contributed by atoms with Crippen LogP contribution < -0.4 is 0 Å². The molecule has 1 saturated heterocycles. The van der Waals surface area contributed by atoms with Crippen LogP contribution in [0.5, 0.6) is 0 Å². The van der Waals surface area contributed by atoms with E-state index in [0.29, 0.717) is 18.9 Å². The Hall–Kier alpha value is -0.820. The van der Waals surface area contributed by atoms with Crippen molar-refractivity contribution in [2.45, 2.75) is 58.6 Å². The van der Waals surface area contributed by atoms with Crippen molar-refractivity contribution >= 4 is 16.2 Å². The molecule has 2 unspecified atom stereocenters. The molecule has 0 aromatic heterocycles. The zero-order valence-electron chi connectivity index (χ0n) is 13.6. The first-order chi connectivity index (χ1) is 9.48. The van der Waals surface area contributed by atoms with Crippen LogP contribution in [0.15, 0.2) is 0 Å². The van der Waals surface area contributed by atoms with Crippen molar-refractivity contribution < 1.29 is 22.1 Å². The highest BCUT2D eigenvalue weighted by atomic mass is 32.2. The molecule has 0 bridgehead atoms. The molecule has 1 amide bonds. The number of amides is 1. The minimum Gasteiger partial charge on any atom is -0.444 e. The van der Waals surface area contributed by atoms with Crippen LogP contribution in [-0.4, -0.2) is 50.5 Å². The van der Waals surface area contributed by atoms with Crippen LogP contribution >= 0.6 is 0 Å². The highest BCUT2D eigenvalue weighted by Gasteiger charge is 2.31. The second-order valence-corrected chi connectivity index (χ2v) is 8.37. The predicted molar refractivity (Wildman–Crippen MR) is 80.5 cm³/mol. The summed E-state index contributed by atoms with van der Waals surface area (Å²) in [5.74, 6) is 0.375. The molecule has 7 heteroatoms. The lowest BCUT2D eigenvalue weighted by Gasteiger charge is -2.38. The summed E-state index contributed by atoms with van der Waals surface area (Å²) >= 11 is 0. The zero-order valence-corrected chi connectivity index (χ0v) is 14.4. The van der Waals surface area contributed by atoms with E-state index in [2.05, 4.69) is 0 Å². The van der Waals surface area contributed by atoms with Crippen LogP contribution in [-0.2, 0) is 19.0 Å². The number of likely N-dealkylation sites (tertiary alicyclic amines) is 1. The van der Waals surface area contributed by atoms with Crippen molar-refractivity contribution in [3.8, 4) is 0 Å². The maximum Gasteiger partial charge on any atom is 0.410 e. The molecule has 0 saturated carbocycles. The smallest absolute Gasteiger partial charge is 0.410 e. The van der Waals surface area contributed by atoms with Gasteiger partial charge in [-0.15, -0.1) is 0 Å². The van der Waals surface area contributed by atoms with Crippen molar-refractivity contribution in [3.05, 3.63) is 0 Å². The first-order valence-electron chi connectivity index (χ1n) is 7.32. The topological polar surface area (TPSA) is 72.9 Å². The van der Waals surface area contributed by atoms with Crippen molar-refractivity contribution in [1.82, 2.24) is 4.90 Å². The number of hydrogen-bond donors (Lipinski definition) is 0. The quantitative estimate of drug-likeness (QED) is 0.743. The van der Waals surface area contributed by atoms with Crippen molar-refractivity contribution in [3.63, 3.8) is 0 Å². The molecule has 1 aliphatic rings. The van der Waals surface area contributed by atoms with Gasteiger partial charge in [-0.2, -0.15) is 8.42 Å². The number of carbonyl (C=O) groups excluding carboxylic acids is 1. The monoisotopic (exact) mass is 321 g/mol. The largest absolute Gasteiger partial charge is 0.444 e. The van der Waals surface area contributed by atoms with Crippen LogP contribution in [0.2, 0.25) is 0 Å². The minimum absolute atomic E-state index is 0.0943. The van der Waals surface area contributed by atoms with Gasteiger partial charge in [0.25, 0.3) is 10.1 Å². The van der Waals surface area contributed by atoms with Gasteiger partial charge >= 0.3 is 6.09 Å². The fourth-order valence-electron chi connectivity index (χ4n) is 2.49. The minimum atomic E-state index is -3.37. The van der Waals surface area contributed by atoms with Gasteiger partial charge in [0.05, 0.1) is 12.9 Å². The van der Waals surface area contributed by atoms with Crippen molar-refractivity contribution in [2.24, 2.45) is 5.92 Å². The molecule has 0 radical (unpaired) electrons. The molecule has 0 N–H and O–H groups in total. The molecule has 0 aliphatic carbocycles. The number of ether oxygens (including phenoxy) is 1. The summed E-state index contributed by atoms with van der Waals surface area (Å²) < 4.78 is 32.0. The van der Waals surface area contributed by atoms with Crippen LogP contribution in [0.3, 0.4) is 0 Å². The second kappa shape index (κ2) is 6.96. The van der Waals surface area contributed by atoms with E-state index in [-0.39, 0.29) is 18.7 Å². The average Bonchev–Trinajstić information content (AvgIpc) is 2.24. The maximum absolute atomic E-state index is 12.1. The number of piperidine rings is 1. The Morgan fingerprint density at radius 1 is 1.33 bits per heavy atom. The van der Waals surface area contributed by atoms with Crippen molar-refractivity contribution in [2.75, 3.05) is 19.4 Å². The fourth-order valence-corrected chi connectivity index (χ4v) is 2.89. The molecule has 124 valence electrons. The summed E-state index contributed by atoms with van der Waals surface area (Å²) in [6.45, 7) is 8.40. The number of rotatable bonds is 4. The van der Waals surface area contributed by atoms with Gasteiger partial charge in [0, 0.05) is 12.6 Å². The Bertz CT molecular complexity index is 454. The Kier molecular flexibility index (Phi) is 6.04. The summed E-state index contributed by atoms with van der Waals surface area (Å²) in [6, 6.07) is 0.0943. The number of hydrogen-bond acceptors (Lipinski definition) is 5. The van der Waals surface area contributed by atoms with Crippen molar-refractivity contribution in [1.29, 1.82) is 0 Å². The van der Waals surface area contributed by atoms with E-state index >= 15 is 0 Å². The third-order valence-corrected chi connectivity index (χ3v) is 4.03. The average molecular weight is 321 g/mol. The summed E-state index contributed by atoms with van der Waals surface area (Å²) in [5.41, 5.74) is -0.489. The molecule has 21 heavy (non-hydrogen) atoms. The first kappa shape index (κ1) is 18.2. The third kappa shape index (κ3) is 7.13. The summed E-state index contributed by atoms with van der Waals surface area (Å²) in [4.78, 5) is 13.8. The second-order valence-electron chi connectivity index (χ2n) is 6.73. The van der Waals surface area contributed by atoms with Gasteiger partial charge in [-0.3, -0.25) is 4.18 Å². The highest BCUT2D eigenvalue weighted by Crippen LogP contribution is 2.27. The summed E-state index contributed by atoms with van der Waals surface area (Å²) in [6.07, 6.45) is 3.16. The number of carbonyl (C=O) groups is 1. The molecule has 0 aromatic carbocycles. The SMILES string of the molecule is CC1CC(CCOS(C)(=O)=O)CCN1C(=O)OC(C)(C)C. The van der Waals surface area contributed by atoms with E-state index in [9.17, 15) is 13.2 Å². The van der Waals surface area contributed by atoms with Gasteiger partial charge < -0.3 is 9.64 Å². The normalized spacial score (nSPS) is 24.0. The number of nitrogens with zero attached hydrogens (tertiary/aromatic N) is 1. The Balaban J connectivity index is 2.42. The molecule has 1 heterocycles. The molecule has 2 atom stereocenters. The Morgan fingerprint density at radius 2 is 1.95 bits per heavy atom. The molecule has 0 spiro atoms. The highest BCUT2D eigenvalue weighted by molar-refractivity contribution is 7.85. The lowest BCUT2D eigenvalue weighted by atomic mass is 9.89. The van der Waals surface area contributed by atoms with Gasteiger partial charge in [0.15, 0.2) is 0 Å². The van der Waals surface area contributed by atoms with Gasteiger partial charge in [-0.25, -0.2) is 4.79 Å². The fraction of sp³-hybridized carbons (Fsp3) is 0.929. The summed E-state index contributed by atoms with van der Waals surface area (Å²) in [7, 11) is -3.37. The molecule has 1 rings (SSSR count). The third-order valence-electron chi connectivity index (χ3n) is 3.44. The predicted octanol–water partition coefficient (Wildman–Crippen LogP) is 2.39. The molecule has 6 nitrogen and oxygen atoms in total. The zero-order chi connectivity index (χ0) is 16.3. The molecule has 0 aromatic rings. The first-order valence-corrected chi connectivity index (χ1v) is 9.13. The summed E-state index contributed by atoms with van der Waals surface area (Å²) in [5, 5.41) is 0. The Labute approximate surface area is 127 Å². The molecule has 1 fully saturated rings. The molecular formula is C14H27NO5S. The lowest BCUT2D eigenvalue weighted by molar-refractivity contribution is 0.00623. The molecular weight excluding hydrogens is 294 g/mol. The Morgan fingerprint density at radius 3 is 2.43 bits per heavy atom. The van der Waals surface area contributed by atoms with Crippen LogP contribution in [0.25, 0.3) is 0 Å². The lowest BCUT2D eigenvalue weighted by Crippen LogP contribution is -2.46. The van der Waals surface area contributed by atoms with E-state index < -0.39 is 15.7 Å². The van der Waals surface area contributed by atoms with Gasteiger partial charge in [-0.1, -0.05) is 0 Å². The maximum atomic E-state index is 12.1. The van der Waals surface area contributed by atoms with E-state index in [0.717, 1.165) is 19.1 Å².